The van der Waals surface area contributed by atoms with E-state index in [-0.39, 0.29) is 38.0 Å². The molecule has 0 fully saturated rings. The van der Waals surface area contributed by atoms with Crippen molar-refractivity contribution < 1.29 is 38.9 Å². The summed E-state index contributed by atoms with van der Waals surface area (Å²) in [5.74, 6) is 0.117. The van der Waals surface area contributed by atoms with Gasteiger partial charge in [-0.1, -0.05) is 37.9 Å². The highest BCUT2D eigenvalue weighted by atomic mass is 32.2. The van der Waals surface area contributed by atoms with E-state index in [1.54, 1.807) is 0 Å². The van der Waals surface area contributed by atoms with Crippen LogP contribution in [0.25, 0.3) is 0 Å². The molecule has 29 heavy (non-hydrogen) atoms. The standard InChI is InChI=1S/C15H33NO9S4/c1-13(2)11-26(17)10-6-9-15(3,29(23,24)25)8-5-4-7-14(28(20,21)22)12-27(16,18)19/h13-14H,4-12H2,1-3H3,(H2,16,18,19)(H,20,21,22)(H,23,24,25). The molecule has 10 nitrogen and oxygen atoms in total. The molecule has 0 rings (SSSR count). The average molecular weight is 500 g/mol. The first-order valence-corrected chi connectivity index (χ1v) is 15.3. The van der Waals surface area contributed by atoms with Gasteiger partial charge in [-0.25, -0.2) is 13.6 Å². The van der Waals surface area contributed by atoms with Crippen LogP contribution in [0, 0.1) is 5.92 Å². The van der Waals surface area contributed by atoms with Gasteiger partial charge >= 0.3 is 0 Å². The molecule has 0 aliphatic heterocycles. The molecule has 14 heteroatoms. The third-order valence-corrected chi connectivity index (χ3v) is 10.3. The molecule has 0 aromatic heterocycles. The second-order valence-electron chi connectivity index (χ2n) is 7.95. The lowest BCUT2D eigenvalue weighted by Gasteiger charge is -2.26. The van der Waals surface area contributed by atoms with Gasteiger partial charge in [0.1, 0.15) is 16.8 Å². The van der Waals surface area contributed by atoms with E-state index in [2.05, 4.69) is 0 Å². The van der Waals surface area contributed by atoms with Crippen molar-refractivity contribution in [3.63, 3.8) is 0 Å². The van der Waals surface area contributed by atoms with Crippen molar-refractivity contribution in [3.05, 3.63) is 0 Å². The second kappa shape index (κ2) is 11.6. The fourth-order valence-corrected chi connectivity index (χ4v) is 7.48. The second-order valence-corrected chi connectivity index (χ2v) is 14.9. The van der Waals surface area contributed by atoms with Crippen molar-refractivity contribution in [1.29, 1.82) is 0 Å². The van der Waals surface area contributed by atoms with Gasteiger partial charge in [-0.05, 0) is 38.5 Å². The van der Waals surface area contributed by atoms with Crippen LogP contribution in [0.15, 0.2) is 0 Å². The van der Waals surface area contributed by atoms with Crippen LogP contribution in [0.4, 0.5) is 0 Å². The lowest BCUT2D eigenvalue weighted by Crippen LogP contribution is -2.36. The molecular formula is C15H33NO9S4. The zero-order valence-electron chi connectivity index (χ0n) is 17.0. The van der Waals surface area contributed by atoms with Gasteiger partial charge in [-0.3, -0.25) is 9.11 Å². The summed E-state index contributed by atoms with van der Waals surface area (Å²) in [5.41, 5.74) is 0. The molecular weight excluding hydrogens is 466 g/mol. The minimum Gasteiger partial charge on any atom is -0.616 e. The van der Waals surface area contributed by atoms with Crippen LogP contribution in [0.1, 0.15) is 59.3 Å². The molecule has 176 valence electrons. The van der Waals surface area contributed by atoms with Gasteiger partial charge in [0, 0.05) is 0 Å². The van der Waals surface area contributed by atoms with Crippen LogP contribution in [0.3, 0.4) is 0 Å². The minimum atomic E-state index is -4.64. The Morgan fingerprint density at radius 1 is 1.00 bits per heavy atom. The Balaban J connectivity index is 4.84. The molecule has 0 aliphatic carbocycles. The average Bonchev–Trinajstić information content (AvgIpc) is 2.46. The molecule has 3 unspecified atom stereocenters. The van der Waals surface area contributed by atoms with Crippen molar-refractivity contribution in [2.45, 2.75) is 69.3 Å². The van der Waals surface area contributed by atoms with Gasteiger partial charge in [0.15, 0.2) is 0 Å². The van der Waals surface area contributed by atoms with E-state index in [9.17, 15) is 34.4 Å². The van der Waals surface area contributed by atoms with E-state index in [1.165, 1.54) is 6.92 Å². The molecule has 0 aromatic rings. The third kappa shape index (κ3) is 12.5. The predicted molar refractivity (Wildman–Crippen MR) is 114 cm³/mol. The third-order valence-electron chi connectivity index (χ3n) is 4.54. The smallest absolute Gasteiger partial charge is 0.270 e. The Labute approximate surface area is 177 Å². The summed E-state index contributed by atoms with van der Waals surface area (Å²) in [6, 6.07) is 0. The van der Waals surface area contributed by atoms with Gasteiger partial charge in [-0.2, -0.15) is 16.8 Å². The number of primary sulfonamides is 1. The fourth-order valence-electron chi connectivity index (χ4n) is 2.89. The van der Waals surface area contributed by atoms with E-state index in [4.69, 9.17) is 9.69 Å². The van der Waals surface area contributed by atoms with Crippen molar-refractivity contribution in [1.82, 2.24) is 0 Å². The summed E-state index contributed by atoms with van der Waals surface area (Å²) < 4.78 is 97.7. The summed E-state index contributed by atoms with van der Waals surface area (Å²) in [4.78, 5) is 0. The maximum absolute atomic E-state index is 11.9. The van der Waals surface area contributed by atoms with Gasteiger partial charge in [-0.15, -0.1) is 0 Å². The van der Waals surface area contributed by atoms with E-state index in [0.717, 1.165) is 0 Å². The fraction of sp³-hybridized carbons (Fsp3) is 1.00. The number of sulfonamides is 1. The monoisotopic (exact) mass is 499 g/mol. The van der Waals surface area contributed by atoms with Crippen LogP contribution >= 0.6 is 0 Å². The maximum atomic E-state index is 11.9. The number of nitrogens with two attached hydrogens (primary N) is 1. The summed E-state index contributed by atoms with van der Waals surface area (Å²) in [7, 11) is -13.2. The number of rotatable bonds is 15. The first-order valence-electron chi connectivity index (χ1n) is 9.16. The first-order chi connectivity index (χ1) is 12.9. The van der Waals surface area contributed by atoms with Gasteiger partial charge in [0.25, 0.3) is 20.2 Å². The predicted octanol–water partition coefficient (Wildman–Crippen LogP) is 0.923. The molecule has 0 amide bonds. The Morgan fingerprint density at radius 3 is 1.93 bits per heavy atom. The van der Waals surface area contributed by atoms with Gasteiger partial charge < -0.3 is 4.55 Å². The SMILES string of the molecule is CC(C)C[S+]([O-])CCCC(C)(CCCCC(CS(N)(=O)=O)S(=O)(=O)O)S(=O)(=O)O. The molecule has 0 heterocycles. The largest absolute Gasteiger partial charge is 0.616 e. The zero-order valence-corrected chi connectivity index (χ0v) is 20.2. The molecule has 4 N–H and O–H groups in total. The lowest BCUT2D eigenvalue weighted by molar-refractivity contribution is 0.392. The summed E-state index contributed by atoms with van der Waals surface area (Å²) in [5, 5.41) is 3.23. The summed E-state index contributed by atoms with van der Waals surface area (Å²) in [6.45, 7) is 5.21. The highest BCUT2D eigenvalue weighted by Crippen LogP contribution is 2.29. The van der Waals surface area contributed by atoms with Gasteiger partial charge in [0.05, 0.1) is 10.5 Å². The number of unbranched alkanes of at least 4 members (excludes halogenated alkanes) is 1. The zero-order chi connectivity index (χ0) is 23.1. The molecule has 0 saturated carbocycles. The van der Waals surface area contributed by atoms with Crippen LogP contribution < -0.4 is 5.14 Å². The molecule has 0 saturated heterocycles. The van der Waals surface area contributed by atoms with Crippen molar-refractivity contribution in [2.75, 3.05) is 17.3 Å². The topological polar surface area (TPSA) is 192 Å². The van der Waals surface area contributed by atoms with E-state index >= 15 is 0 Å². The first kappa shape index (κ1) is 29.0. The van der Waals surface area contributed by atoms with Crippen molar-refractivity contribution >= 4 is 41.4 Å². The highest BCUT2D eigenvalue weighted by Gasteiger charge is 2.37. The van der Waals surface area contributed by atoms with Crippen LogP contribution in [-0.2, 0) is 41.4 Å². The lowest BCUT2D eigenvalue weighted by atomic mass is 9.97. The maximum Gasteiger partial charge on any atom is 0.270 e. The summed E-state index contributed by atoms with van der Waals surface area (Å²) in [6.07, 6.45) is 0.446. The molecule has 0 aromatic carbocycles. The Morgan fingerprint density at radius 2 is 1.52 bits per heavy atom. The molecule has 0 aliphatic rings. The van der Waals surface area contributed by atoms with Crippen LogP contribution in [0.5, 0.6) is 0 Å². The Kier molecular flexibility index (Phi) is 11.6. The Hall–Kier alpha value is 0.0400. The van der Waals surface area contributed by atoms with Crippen LogP contribution in [-0.4, -0.2) is 66.2 Å². The van der Waals surface area contributed by atoms with Crippen LogP contribution in [0.2, 0.25) is 0 Å². The summed E-state index contributed by atoms with van der Waals surface area (Å²) >= 11 is -1.08. The minimum absolute atomic E-state index is 0.00375. The Bertz CT molecular complexity index is 809. The van der Waals surface area contributed by atoms with Gasteiger partial charge in [0.2, 0.25) is 10.0 Å². The normalized spacial score (nSPS) is 17.8. The highest BCUT2D eigenvalue weighted by molar-refractivity contribution is 7.92. The molecule has 0 radical (unpaired) electrons. The van der Waals surface area contributed by atoms with E-state index < -0.39 is 57.2 Å². The molecule has 3 atom stereocenters. The number of hydrogen-bond acceptors (Lipinski definition) is 7. The molecule has 0 spiro atoms. The quantitative estimate of drug-likeness (QED) is 0.167. The molecule has 0 bridgehead atoms. The van der Waals surface area contributed by atoms with Crippen molar-refractivity contribution in [2.24, 2.45) is 11.1 Å². The van der Waals surface area contributed by atoms with Crippen molar-refractivity contribution in [3.8, 4) is 0 Å². The van der Waals surface area contributed by atoms with E-state index in [0.29, 0.717) is 17.9 Å². The van der Waals surface area contributed by atoms with E-state index in [1.807, 2.05) is 13.8 Å². The number of hydrogen-bond donors (Lipinski definition) is 3.